The lowest BCUT2D eigenvalue weighted by Crippen LogP contribution is -2.33. The van der Waals surface area contributed by atoms with Crippen molar-refractivity contribution in [3.05, 3.63) is 64.7 Å². The Hall–Kier alpha value is -3.97. The first-order chi connectivity index (χ1) is 20.6. The number of benzene rings is 1. The summed E-state index contributed by atoms with van der Waals surface area (Å²) in [7, 11) is -0.706. The molecule has 1 amide bonds. The number of likely N-dealkylation sites (tertiary alicyclic amines) is 1. The van der Waals surface area contributed by atoms with Crippen molar-refractivity contribution in [2.45, 2.75) is 50.5 Å². The molecule has 1 aliphatic heterocycles. The van der Waals surface area contributed by atoms with E-state index in [-0.39, 0.29) is 23.3 Å². The number of hydrogen-bond acceptors (Lipinski definition) is 9. The molecule has 13 heteroatoms. The molecule has 43 heavy (non-hydrogen) atoms. The average molecular weight is 612 g/mol. The summed E-state index contributed by atoms with van der Waals surface area (Å²) in [6.45, 7) is 2.19. The van der Waals surface area contributed by atoms with Crippen LogP contribution in [0.5, 0.6) is 11.9 Å². The minimum atomic E-state index is -3.81. The van der Waals surface area contributed by atoms with E-state index in [9.17, 15) is 17.6 Å². The molecule has 0 bridgehead atoms. The molecule has 2 fully saturated rings. The standard InChI is InChI=1S/C30H34FN5O6S/c1-40-25-15-20(30(41-2)42-25)17-35-13-11-18(12-14-35)23-16-24(29(37)34-43(3,38)39)32-28-26(23)27(19-5-4-6-19)33-36(28)22-9-7-21(31)8-10-22/h7-10,15-16,18-19H,4-6,11-14,17H2,1-3H3,(H,34,37). The number of hydrogen-bond donors (Lipinski definition) is 1. The smallest absolute Gasteiger partial charge is 0.291 e. The quantitative estimate of drug-likeness (QED) is 0.291. The van der Waals surface area contributed by atoms with E-state index in [4.69, 9.17) is 19.0 Å². The zero-order valence-electron chi connectivity index (χ0n) is 24.3. The first-order valence-corrected chi connectivity index (χ1v) is 16.2. The van der Waals surface area contributed by atoms with Crippen LogP contribution >= 0.6 is 0 Å². The van der Waals surface area contributed by atoms with Gasteiger partial charge in [-0.15, -0.1) is 0 Å². The lowest BCUT2D eigenvalue weighted by atomic mass is 9.79. The van der Waals surface area contributed by atoms with Crippen molar-refractivity contribution in [1.82, 2.24) is 24.4 Å². The number of amides is 1. The van der Waals surface area contributed by atoms with E-state index in [0.29, 0.717) is 29.8 Å². The first kappa shape index (κ1) is 29.1. The van der Waals surface area contributed by atoms with Gasteiger partial charge < -0.3 is 13.9 Å². The molecule has 0 spiro atoms. The number of carbonyl (C=O) groups is 1. The van der Waals surface area contributed by atoms with Crippen LogP contribution in [-0.4, -0.2) is 67.6 Å². The summed E-state index contributed by atoms with van der Waals surface area (Å²) in [4.78, 5) is 20.1. The molecule has 0 radical (unpaired) electrons. The Morgan fingerprint density at radius 1 is 1.07 bits per heavy atom. The van der Waals surface area contributed by atoms with E-state index < -0.39 is 15.9 Å². The summed E-state index contributed by atoms with van der Waals surface area (Å²) in [5.74, 6) is -0.0287. The lowest BCUT2D eigenvalue weighted by Gasteiger charge is -2.33. The number of halogens is 1. The van der Waals surface area contributed by atoms with Crippen LogP contribution < -0.4 is 14.2 Å². The van der Waals surface area contributed by atoms with Gasteiger partial charge in [0.1, 0.15) is 11.5 Å². The van der Waals surface area contributed by atoms with E-state index in [1.54, 1.807) is 37.1 Å². The number of ether oxygens (including phenoxy) is 2. The van der Waals surface area contributed by atoms with Gasteiger partial charge in [-0.05, 0) is 80.6 Å². The van der Waals surface area contributed by atoms with Gasteiger partial charge in [-0.3, -0.25) is 9.69 Å². The van der Waals surface area contributed by atoms with E-state index in [1.165, 1.54) is 12.1 Å². The third-order valence-electron chi connectivity index (χ3n) is 8.32. The third-order valence-corrected chi connectivity index (χ3v) is 8.88. The Morgan fingerprint density at radius 3 is 2.40 bits per heavy atom. The number of piperidine rings is 1. The molecular weight excluding hydrogens is 577 g/mol. The summed E-state index contributed by atoms with van der Waals surface area (Å²) in [5, 5.41) is 5.87. The Labute approximate surface area is 249 Å². The molecule has 1 aliphatic carbocycles. The van der Waals surface area contributed by atoms with E-state index >= 15 is 0 Å². The maximum absolute atomic E-state index is 13.8. The fourth-order valence-electron chi connectivity index (χ4n) is 5.97. The van der Waals surface area contributed by atoms with Crippen LogP contribution in [-0.2, 0) is 16.6 Å². The number of methoxy groups -OCH3 is 2. The number of sulfonamides is 1. The van der Waals surface area contributed by atoms with Crippen LogP contribution in [0.1, 0.15) is 71.2 Å². The van der Waals surface area contributed by atoms with E-state index in [0.717, 1.165) is 73.7 Å². The molecule has 6 rings (SSSR count). The van der Waals surface area contributed by atoms with Gasteiger partial charge in [0.25, 0.3) is 17.8 Å². The van der Waals surface area contributed by atoms with Crippen LogP contribution in [0.2, 0.25) is 0 Å². The van der Waals surface area contributed by atoms with Crippen molar-refractivity contribution >= 4 is 27.0 Å². The van der Waals surface area contributed by atoms with Crippen LogP contribution in [0.15, 0.2) is 40.8 Å². The second kappa shape index (κ2) is 11.6. The minimum absolute atomic E-state index is 0.00555. The van der Waals surface area contributed by atoms with Crippen molar-refractivity contribution in [3.63, 3.8) is 0 Å². The molecule has 4 aromatic rings. The molecule has 1 saturated carbocycles. The number of carbonyl (C=O) groups excluding carboxylic acids is 1. The second-order valence-corrected chi connectivity index (χ2v) is 13.0. The molecule has 11 nitrogen and oxygen atoms in total. The predicted octanol–water partition coefficient (Wildman–Crippen LogP) is 4.51. The van der Waals surface area contributed by atoms with Gasteiger partial charge in [-0.2, -0.15) is 5.10 Å². The molecule has 4 heterocycles. The molecule has 1 N–H and O–H groups in total. The monoisotopic (exact) mass is 611 g/mol. The molecule has 2 aliphatic rings. The zero-order valence-corrected chi connectivity index (χ0v) is 25.1. The topological polar surface area (TPSA) is 129 Å². The maximum atomic E-state index is 13.8. The number of rotatable bonds is 9. The maximum Gasteiger partial charge on any atom is 0.291 e. The highest BCUT2D eigenvalue weighted by atomic mass is 32.2. The summed E-state index contributed by atoms with van der Waals surface area (Å²) in [6.07, 6.45) is 5.64. The van der Waals surface area contributed by atoms with Crippen molar-refractivity contribution in [2.75, 3.05) is 33.6 Å². The molecule has 228 valence electrons. The van der Waals surface area contributed by atoms with Crippen LogP contribution in [0.4, 0.5) is 4.39 Å². The zero-order chi connectivity index (χ0) is 30.3. The van der Waals surface area contributed by atoms with Crippen molar-refractivity contribution < 1.29 is 31.5 Å². The van der Waals surface area contributed by atoms with Crippen LogP contribution in [0.25, 0.3) is 16.7 Å². The Morgan fingerprint density at radius 2 is 1.79 bits per heavy atom. The molecule has 1 aromatic carbocycles. The van der Waals surface area contributed by atoms with Crippen molar-refractivity contribution in [1.29, 1.82) is 0 Å². The third kappa shape index (κ3) is 5.96. The predicted molar refractivity (Wildman–Crippen MR) is 157 cm³/mol. The summed E-state index contributed by atoms with van der Waals surface area (Å²) >= 11 is 0. The Kier molecular flexibility index (Phi) is 7.86. The van der Waals surface area contributed by atoms with Gasteiger partial charge in [0, 0.05) is 23.9 Å². The van der Waals surface area contributed by atoms with Gasteiger partial charge in [-0.1, -0.05) is 6.42 Å². The van der Waals surface area contributed by atoms with Gasteiger partial charge in [0.15, 0.2) is 5.65 Å². The largest absolute Gasteiger partial charge is 0.468 e. The number of furan rings is 1. The lowest BCUT2D eigenvalue weighted by molar-refractivity contribution is 0.0977. The van der Waals surface area contributed by atoms with E-state index in [2.05, 4.69) is 14.6 Å². The summed E-state index contributed by atoms with van der Waals surface area (Å²) < 4.78 is 57.6. The van der Waals surface area contributed by atoms with Gasteiger partial charge in [-0.25, -0.2) is 27.2 Å². The van der Waals surface area contributed by atoms with E-state index in [1.807, 2.05) is 6.07 Å². The number of aromatic nitrogens is 3. The Bertz CT molecular complexity index is 1760. The number of nitrogens with zero attached hydrogens (tertiary/aromatic N) is 4. The van der Waals surface area contributed by atoms with Gasteiger partial charge >= 0.3 is 0 Å². The first-order valence-electron chi connectivity index (χ1n) is 14.3. The van der Waals surface area contributed by atoms with Crippen LogP contribution in [0.3, 0.4) is 0 Å². The molecule has 3 aromatic heterocycles. The highest BCUT2D eigenvalue weighted by Crippen LogP contribution is 2.43. The van der Waals surface area contributed by atoms with Crippen LogP contribution in [0, 0.1) is 5.82 Å². The molecular formula is C30H34FN5O6S. The van der Waals surface area contributed by atoms with Crippen molar-refractivity contribution in [2.24, 2.45) is 0 Å². The molecule has 0 unspecified atom stereocenters. The fraction of sp³-hybridized carbons (Fsp3) is 0.433. The highest BCUT2D eigenvalue weighted by Gasteiger charge is 2.32. The minimum Gasteiger partial charge on any atom is -0.468 e. The van der Waals surface area contributed by atoms with Gasteiger partial charge in [0.2, 0.25) is 10.0 Å². The average Bonchev–Trinajstić information content (AvgIpc) is 3.53. The fourth-order valence-corrected chi connectivity index (χ4v) is 6.42. The number of fused-ring (bicyclic) bond motifs is 1. The SMILES string of the molecule is COc1cc(CN2CCC(c3cc(C(=O)NS(C)(=O)=O)nc4c3c(C3CCC3)nn4-c3ccc(F)cc3)CC2)c(OC)o1. The summed E-state index contributed by atoms with van der Waals surface area (Å²) in [5.41, 5.74) is 3.81. The van der Waals surface area contributed by atoms with Gasteiger partial charge in [0.05, 0.1) is 37.4 Å². The highest BCUT2D eigenvalue weighted by molar-refractivity contribution is 7.89. The normalized spacial score (nSPS) is 16.7. The second-order valence-electron chi connectivity index (χ2n) is 11.2. The number of nitrogens with one attached hydrogen (secondary N) is 1. The Balaban J connectivity index is 1.39. The molecule has 0 atom stereocenters. The number of pyridine rings is 1. The summed E-state index contributed by atoms with van der Waals surface area (Å²) in [6, 6.07) is 9.51. The molecule has 1 saturated heterocycles. The van der Waals surface area contributed by atoms with Crippen molar-refractivity contribution in [3.8, 4) is 17.6 Å².